The van der Waals surface area contributed by atoms with Crippen molar-refractivity contribution in [2.45, 2.75) is 105 Å². The Morgan fingerprint density at radius 1 is 1.05 bits per heavy atom. The highest BCUT2D eigenvalue weighted by Gasteiger charge is 2.58. The maximum absolute atomic E-state index is 12.4. The van der Waals surface area contributed by atoms with Gasteiger partial charge in [-0.25, -0.2) is 0 Å². The van der Waals surface area contributed by atoms with Gasteiger partial charge in [-0.2, -0.15) is 0 Å². The molecule has 1 heterocycles. The summed E-state index contributed by atoms with van der Waals surface area (Å²) in [6.45, 7) is 11.7. The van der Waals surface area contributed by atoms with Crippen LogP contribution in [0.5, 0.6) is 11.5 Å². The minimum Gasteiger partial charge on any atom is -0.507 e. The number of fused-ring (bicyclic) bond motifs is 6. The highest BCUT2D eigenvalue weighted by atomic mass is 16.5. The van der Waals surface area contributed by atoms with Crippen LogP contribution in [-0.2, 0) is 20.7 Å². The van der Waals surface area contributed by atoms with Gasteiger partial charge in [0, 0.05) is 42.9 Å². The summed E-state index contributed by atoms with van der Waals surface area (Å²) in [6, 6.07) is 2.70. The van der Waals surface area contributed by atoms with Crippen LogP contribution in [-0.4, -0.2) is 28.1 Å². The average molecular weight is 591 g/mol. The summed E-state index contributed by atoms with van der Waals surface area (Å²) in [5.74, 6) is 2.49. The molecule has 3 saturated carbocycles. The minimum absolute atomic E-state index is 0.0438. The molecule has 1 aromatic heterocycles. The Morgan fingerprint density at radius 2 is 1.74 bits per heavy atom. The zero-order chi connectivity index (χ0) is 31.3. The molecule has 6 rings (SSSR count). The fourth-order valence-corrected chi connectivity index (χ4v) is 8.69. The molecule has 0 radical (unpaired) electrons. The Bertz CT molecular complexity index is 1560. The first-order chi connectivity index (χ1) is 20.2. The van der Waals surface area contributed by atoms with Gasteiger partial charge in [-0.15, -0.1) is 0 Å². The fraction of sp³-hybridized carbons (Fsp3) is 0.583. The number of carbonyl (C=O) groups is 2. The van der Waals surface area contributed by atoms with Crippen LogP contribution in [0, 0.1) is 35.5 Å². The smallest absolute Gasteiger partial charge is 0.302 e. The SMILES string of the molecule is CC(=O)OC1CCC2(C)C(=CCC3C4CCC(=O)C4(C)CCC32)C1.CC(C)=CCc1c(O)cc2oc(C)cc(=O)c2c1O. The number of hydrogen-bond donors (Lipinski definition) is 2. The molecule has 1 aromatic carbocycles. The zero-order valence-corrected chi connectivity index (χ0v) is 26.4. The summed E-state index contributed by atoms with van der Waals surface area (Å²) in [5.41, 5.74) is 3.02. The first-order valence-electron chi connectivity index (χ1n) is 15.8. The molecule has 43 heavy (non-hydrogen) atoms. The van der Waals surface area contributed by atoms with Gasteiger partial charge in [-0.1, -0.05) is 37.1 Å². The van der Waals surface area contributed by atoms with Crippen molar-refractivity contribution in [1.82, 2.24) is 0 Å². The standard InChI is InChI=1S/C21H30O3.C15H16O4/c1-13(22)24-15-8-10-20(2)14(12-15)4-5-16-17-6-7-19(23)21(17,3)11-9-18(16)20;1-8(2)4-5-10-11(16)7-13-14(15(10)18)12(17)6-9(3)19-13/h4,15-18H,5-12H2,1-3H3;4,6-7,16,18H,5H2,1-3H3. The molecule has 232 valence electrons. The van der Waals surface area contributed by atoms with E-state index >= 15 is 0 Å². The molecule has 6 atom stereocenters. The van der Waals surface area contributed by atoms with Crippen LogP contribution in [0.3, 0.4) is 0 Å². The van der Waals surface area contributed by atoms with Gasteiger partial charge in [0.15, 0.2) is 5.43 Å². The molecule has 7 nitrogen and oxygen atoms in total. The molecule has 0 amide bonds. The number of ketones is 1. The lowest BCUT2D eigenvalue weighted by atomic mass is 9.48. The number of esters is 1. The van der Waals surface area contributed by atoms with Gasteiger partial charge in [-0.05, 0) is 88.9 Å². The van der Waals surface area contributed by atoms with E-state index in [9.17, 15) is 24.6 Å². The molecule has 4 aliphatic carbocycles. The summed E-state index contributed by atoms with van der Waals surface area (Å²) in [6.07, 6.45) is 13.1. The number of rotatable bonds is 3. The van der Waals surface area contributed by atoms with Crippen molar-refractivity contribution in [2.75, 3.05) is 0 Å². The number of allylic oxidation sites excluding steroid dienone is 3. The van der Waals surface area contributed by atoms with E-state index in [2.05, 4.69) is 19.9 Å². The lowest BCUT2D eigenvalue weighted by Gasteiger charge is -2.56. The van der Waals surface area contributed by atoms with Gasteiger partial charge >= 0.3 is 5.97 Å². The number of phenols is 2. The van der Waals surface area contributed by atoms with Crippen molar-refractivity contribution < 1.29 is 29.0 Å². The van der Waals surface area contributed by atoms with Gasteiger partial charge in [0.25, 0.3) is 0 Å². The van der Waals surface area contributed by atoms with E-state index < -0.39 is 0 Å². The van der Waals surface area contributed by atoms with Crippen molar-refractivity contribution in [1.29, 1.82) is 0 Å². The predicted molar refractivity (Wildman–Crippen MR) is 166 cm³/mol. The Kier molecular flexibility index (Phi) is 8.40. The van der Waals surface area contributed by atoms with Crippen LogP contribution >= 0.6 is 0 Å². The Hall–Kier alpha value is -3.35. The van der Waals surface area contributed by atoms with Gasteiger partial charge in [0.1, 0.15) is 40.1 Å². The Morgan fingerprint density at radius 3 is 2.44 bits per heavy atom. The summed E-state index contributed by atoms with van der Waals surface area (Å²) in [5, 5.41) is 20.2. The summed E-state index contributed by atoms with van der Waals surface area (Å²) >= 11 is 0. The predicted octanol–water partition coefficient (Wildman–Crippen LogP) is 7.47. The lowest BCUT2D eigenvalue weighted by molar-refractivity contribution is -0.148. The van der Waals surface area contributed by atoms with Crippen molar-refractivity contribution in [3.05, 3.63) is 57.0 Å². The molecule has 0 spiro atoms. The van der Waals surface area contributed by atoms with Crippen molar-refractivity contribution >= 4 is 22.7 Å². The first-order valence-corrected chi connectivity index (χ1v) is 15.8. The third-order valence-electron chi connectivity index (χ3n) is 11.0. The molecule has 2 aromatic rings. The van der Waals surface area contributed by atoms with E-state index in [1.165, 1.54) is 31.1 Å². The normalized spacial score (nSPS) is 31.1. The van der Waals surface area contributed by atoms with E-state index in [0.717, 1.165) is 50.5 Å². The third kappa shape index (κ3) is 5.67. The maximum Gasteiger partial charge on any atom is 0.302 e. The quantitative estimate of drug-likeness (QED) is 0.281. The van der Waals surface area contributed by atoms with Crippen LogP contribution in [0.1, 0.15) is 97.3 Å². The van der Waals surface area contributed by atoms with Crippen LogP contribution in [0.25, 0.3) is 11.0 Å². The molecule has 0 aliphatic heterocycles. The van der Waals surface area contributed by atoms with Crippen LogP contribution in [0.15, 0.2) is 44.6 Å². The molecule has 0 bridgehead atoms. The molecule has 2 N–H and O–H groups in total. The van der Waals surface area contributed by atoms with Crippen molar-refractivity contribution in [2.24, 2.45) is 28.6 Å². The Balaban J connectivity index is 0.000000177. The number of carbonyl (C=O) groups excluding carboxylic acids is 2. The van der Waals surface area contributed by atoms with Crippen LogP contribution in [0.4, 0.5) is 0 Å². The van der Waals surface area contributed by atoms with E-state index in [-0.39, 0.29) is 50.8 Å². The van der Waals surface area contributed by atoms with Gasteiger partial charge in [0.05, 0.1) is 0 Å². The van der Waals surface area contributed by atoms with Crippen LogP contribution in [0.2, 0.25) is 0 Å². The second-order valence-electron chi connectivity index (χ2n) is 14.0. The Labute approximate surface area is 254 Å². The van der Waals surface area contributed by atoms with Gasteiger partial charge < -0.3 is 19.4 Å². The number of phenolic OH excluding ortho intramolecular Hbond substituents is 2. The monoisotopic (exact) mass is 590 g/mol. The molecular formula is C36H46O7. The largest absolute Gasteiger partial charge is 0.507 e. The number of aryl methyl sites for hydroxylation is 1. The van der Waals surface area contributed by atoms with Crippen LogP contribution < -0.4 is 5.43 Å². The second kappa shape index (κ2) is 11.6. The summed E-state index contributed by atoms with van der Waals surface area (Å²) in [4.78, 5) is 35.7. The first kappa shape index (κ1) is 31.1. The van der Waals surface area contributed by atoms with E-state index in [4.69, 9.17) is 9.15 Å². The molecule has 7 heteroatoms. The molecule has 6 unspecified atom stereocenters. The fourth-order valence-electron chi connectivity index (χ4n) is 8.69. The number of aromatic hydroxyl groups is 2. The third-order valence-corrected chi connectivity index (χ3v) is 11.0. The average Bonchev–Trinajstić information content (AvgIpc) is 3.22. The van der Waals surface area contributed by atoms with Crippen molar-refractivity contribution in [3.8, 4) is 11.5 Å². The van der Waals surface area contributed by atoms with E-state index in [1.54, 1.807) is 6.92 Å². The highest BCUT2D eigenvalue weighted by molar-refractivity contribution is 5.87. The molecule has 0 saturated heterocycles. The molecule has 3 fully saturated rings. The summed E-state index contributed by atoms with van der Waals surface area (Å²) < 4.78 is 10.8. The number of hydrogen-bond acceptors (Lipinski definition) is 7. The maximum atomic E-state index is 12.4. The molecule has 4 aliphatic rings. The van der Waals surface area contributed by atoms with Crippen molar-refractivity contribution in [3.63, 3.8) is 0 Å². The summed E-state index contributed by atoms with van der Waals surface area (Å²) in [7, 11) is 0. The number of benzene rings is 1. The van der Waals surface area contributed by atoms with Gasteiger partial charge in [0.2, 0.25) is 0 Å². The van der Waals surface area contributed by atoms with Gasteiger partial charge in [-0.3, -0.25) is 14.4 Å². The van der Waals surface area contributed by atoms with E-state index in [1.807, 2.05) is 19.9 Å². The minimum atomic E-state index is -0.310. The molecular weight excluding hydrogens is 544 g/mol. The zero-order valence-electron chi connectivity index (χ0n) is 26.4. The lowest BCUT2D eigenvalue weighted by Crippen LogP contribution is -2.50. The highest BCUT2D eigenvalue weighted by Crippen LogP contribution is 2.64. The van der Waals surface area contributed by atoms with E-state index in [0.29, 0.717) is 41.3 Å². The second-order valence-corrected chi connectivity index (χ2v) is 14.0. The number of Topliss-reactive ketones (excluding diaryl/α,β-unsaturated/α-hetero) is 1. The topological polar surface area (TPSA) is 114 Å². The number of ether oxygens (including phenoxy) is 1.